The zero-order chi connectivity index (χ0) is 10.7. The zero-order valence-corrected chi connectivity index (χ0v) is 6.80. The van der Waals surface area contributed by atoms with Crippen LogP contribution in [-0.2, 0) is 0 Å². The Labute approximate surface area is 77.9 Å². The third-order valence-corrected chi connectivity index (χ3v) is 1.59. The summed E-state index contributed by atoms with van der Waals surface area (Å²) >= 11 is 0. The number of aromatic carboxylic acids is 1. The van der Waals surface area contributed by atoms with Crippen LogP contribution in [0.25, 0.3) is 0 Å². The molecule has 0 bridgehead atoms. The average Bonchev–Trinajstić information content (AvgIpc) is 2.16. The largest absolute Gasteiger partial charge is 0.545 e. The Balaban J connectivity index is 3.34. The number of carbonyl (C=O) groups is 2. The summed E-state index contributed by atoms with van der Waals surface area (Å²) in [6.45, 7) is 0. The summed E-state index contributed by atoms with van der Waals surface area (Å²) in [5, 5.41) is 20.7. The summed E-state index contributed by atoms with van der Waals surface area (Å²) in [5.41, 5.74) is -1.01. The van der Waals surface area contributed by atoms with Crippen LogP contribution in [0.3, 0.4) is 0 Å². The highest BCUT2D eigenvalue weighted by Gasteiger charge is 2.10. The molecule has 6 heteroatoms. The number of nitro groups is 1. The molecule has 0 amide bonds. The molecule has 0 radical (unpaired) electrons. The van der Waals surface area contributed by atoms with Gasteiger partial charge in [0.25, 0.3) is 5.69 Å². The maximum atomic E-state index is 10.5. The van der Waals surface area contributed by atoms with Crippen LogP contribution in [-0.4, -0.2) is 17.2 Å². The maximum Gasteiger partial charge on any atom is 0.270 e. The van der Waals surface area contributed by atoms with Gasteiger partial charge in [0.05, 0.1) is 10.9 Å². The SMILES string of the molecule is O=Cc1ccc([N+](=O)[O-])cc1C(=O)[O-]. The number of hydrogen-bond acceptors (Lipinski definition) is 5. The minimum atomic E-state index is -1.61. The molecular formula is C8H4NO5-. The summed E-state index contributed by atoms with van der Waals surface area (Å²) in [6.07, 6.45) is 0.300. The first-order chi connectivity index (χ1) is 6.56. The first kappa shape index (κ1) is 9.85. The number of rotatable bonds is 3. The second-order valence-corrected chi connectivity index (χ2v) is 2.43. The van der Waals surface area contributed by atoms with E-state index in [4.69, 9.17) is 0 Å². The van der Waals surface area contributed by atoms with Gasteiger partial charge < -0.3 is 9.90 Å². The molecule has 0 saturated carbocycles. The van der Waals surface area contributed by atoms with Gasteiger partial charge in [-0.15, -0.1) is 0 Å². The number of carboxylic acids is 1. The highest BCUT2D eigenvalue weighted by Crippen LogP contribution is 2.15. The zero-order valence-electron chi connectivity index (χ0n) is 6.80. The van der Waals surface area contributed by atoms with Crippen LogP contribution in [0.5, 0.6) is 0 Å². The fourth-order valence-electron chi connectivity index (χ4n) is 0.937. The van der Waals surface area contributed by atoms with Crippen molar-refractivity contribution in [3.8, 4) is 0 Å². The van der Waals surface area contributed by atoms with Gasteiger partial charge in [-0.1, -0.05) is 0 Å². The Morgan fingerprint density at radius 2 is 2.07 bits per heavy atom. The second-order valence-electron chi connectivity index (χ2n) is 2.43. The number of benzene rings is 1. The van der Waals surface area contributed by atoms with Crippen molar-refractivity contribution in [2.24, 2.45) is 0 Å². The van der Waals surface area contributed by atoms with Crippen LogP contribution >= 0.6 is 0 Å². The smallest absolute Gasteiger partial charge is 0.270 e. The predicted octanol–water partition coefficient (Wildman–Crippen LogP) is -0.229. The quantitative estimate of drug-likeness (QED) is 0.375. The van der Waals surface area contributed by atoms with Gasteiger partial charge >= 0.3 is 0 Å². The number of carbonyl (C=O) groups excluding carboxylic acids is 2. The van der Waals surface area contributed by atoms with Crippen LogP contribution in [0, 0.1) is 10.1 Å². The van der Waals surface area contributed by atoms with Gasteiger partial charge in [0.15, 0.2) is 6.29 Å². The number of hydrogen-bond donors (Lipinski definition) is 0. The van der Waals surface area contributed by atoms with Gasteiger partial charge in [0, 0.05) is 23.3 Å². The first-order valence-corrected chi connectivity index (χ1v) is 3.51. The van der Waals surface area contributed by atoms with E-state index in [0.717, 1.165) is 18.2 Å². The van der Waals surface area contributed by atoms with E-state index in [2.05, 4.69) is 0 Å². The molecule has 0 saturated heterocycles. The summed E-state index contributed by atoms with van der Waals surface area (Å²) in [5.74, 6) is -1.61. The van der Waals surface area contributed by atoms with Crippen molar-refractivity contribution in [1.29, 1.82) is 0 Å². The molecule has 0 aliphatic heterocycles. The fourth-order valence-corrected chi connectivity index (χ4v) is 0.937. The normalized spacial score (nSPS) is 9.43. The Morgan fingerprint density at radius 3 is 2.50 bits per heavy atom. The standard InChI is InChI=1S/C8H5NO5/c10-4-5-1-2-6(9(13)14)3-7(5)8(11)12/h1-4H,(H,11,12)/p-1. The summed E-state index contributed by atoms with van der Waals surface area (Å²) in [4.78, 5) is 30.3. The van der Waals surface area contributed by atoms with E-state index in [1.54, 1.807) is 0 Å². The van der Waals surface area contributed by atoms with Gasteiger partial charge in [-0.3, -0.25) is 14.9 Å². The highest BCUT2D eigenvalue weighted by atomic mass is 16.6. The van der Waals surface area contributed by atoms with Crippen molar-refractivity contribution in [1.82, 2.24) is 0 Å². The maximum absolute atomic E-state index is 10.5. The fraction of sp³-hybridized carbons (Fsp3) is 0. The Hall–Kier alpha value is -2.24. The molecule has 1 rings (SSSR count). The first-order valence-electron chi connectivity index (χ1n) is 3.51. The molecular weight excluding hydrogens is 190 g/mol. The van der Waals surface area contributed by atoms with Crippen molar-refractivity contribution in [3.05, 3.63) is 39.4 Å². The van der Waals surface area contributed by atoms with Crippen molar-refractivity contribution >= 4 is 17.9 Å². The lowest BCUT2D eigenvalue weighted by Gasteiger charge is -2.04. The molecule has 0 spiro atoms. The van der Waals surface area contributed by atoms with Crippen LogP contribution in [0.2, 0.25) is 0 Å². The second kappa shape index (κ2) is 3.65. The average molecular weight is 194 g/mol. The molecule has 14 heavy (non-hydrogen) atoms. The van der Waals surface area contributed by atoms with Crippen LogP contribution < -0.4 is 5.11 Å². The van der Waals surface area contributed by atoms with E-state index in [9.17, 15) is 24.8 Å². The molecule has 0 aliphatic carbocycles. The molecule has 1 aromatic carbocycles. The van der Waals surface area contributed by atoms with Crippen LogP contribution in [0.1, 0.15) is 20.7 Å². The molecule has 0 fully saturated rings. The minimum absolute atomic E-state index is 0.143. The minimum Gasteiger partial charge on any atom is -0.545 e. The summed E-state index contributed by atoms with van der Waals surface area (Å²) in [7, 11) is 0. The molecule has 0 heterocycles. The van der Waals surface area contributed by atoms with Gasteiger partial charge in [-0.2, -0.15) is 0 Å². The summed E-state index contributed by atoms with van der Waals surface area (Å²) in [6, 6.07) is 2.91. The predicted molar refractivity (Wildman–Crippen MR) is 42.8 cm³/mol. The molecule has 72 valence electrons. The molecule has 0 atom stereocenters. The number of aldehydes is 1. The lowest BCUT2D eigenvalue weighted by atomic mass is 10.1. The van der Waals surface area contributed by atoms with Crippen molar-refractivity contribution < 1.29 is 19.6 Å². The van der Waals surface area contributed by atoms with E-state index < -0.39 is 22.1 Å². The third kappa shape index (κ3) is 1.74. The Morgan fingerprint density at radius 1 is 1.43 bits per heavy atom. The van der Waals surface area contributed by atoms with Crippen molar-refractivity contribution in [3.63, 3.8) is 0 Å². The Kier molecular flexibility index (Phi) is 2.57. The van der Waals surface area contributed by atoms with Gasteiger partial charge in [0.2, 0.25) is 0 Å². The number of nitro benzene ring substituents is 1. The molecule has 0 aromatic heterocycles. The van der Waals surface area contributed by atoms with Crippen LogP contribution in [0.4, 0.5) is 5.69 Å². The summed E-state index contributed by atoms with van der Waals surface area (Å²) < 4.78 is 0. The monoisotopic (exact) mass is 194 g/mol. The molecule has 1 aromatic rings. The molecule has 0 N–H and O–H groups in total. The lowest BCUT2D eigenvalue weighted by molar-refractivity contribution is -0.385. The lowest BCUT2D eigenvalue weighted by Crippen LogP contribution is -2.23. The van der Waals surface area contributed by atoms with Crippen molar-refractivity contribution in [2.45, 2.75) is 0 Å². The number of nitrogens with zero attached hydrogens (tertiary/aromatic N) is 1. The van der Waals surface area contributed by atoms with E-state index in [1.165, 1.54) is 0 Å². The highest BCUT2D eigenvalue weighted by molar-refractivity contribution is 5.96. The van der Waals surface area contributed by atoms with Crippen LogP contribution in [0.15, 0.2) is 18.2 Å². The molecule has 6 nitrogen and oxygen atoms in total. The number of carboxylic acid groups (broad SMARTS) is 1. The third-order valence-electron chi connectivity index (χ3n) is 1.59. The van der Waals surface area contributed by atoms with E-state index in [-0.39, 0.29) is 5.56 Å². The van der Waals surface area contributed by atoms with E-state index >= 15 is 0 Å². The van der Waals surface area contributed by atoms with E-state index in [0.29, 0.717) is 6.29 Å². The van der Waals surface area contributed by atoms with Crippen molar-refractivity contribution in [2.75, 3.05) is 0 Å². The molecule has 0 aliphatic rings. The van der Waals surface area contributed by atoms with Gasteiger partial charge in [0.1, 0.15) is 0 Å². The van der Waals surface area contributed by atoms with Gasteiger partial charge in [-0.25, -0.2) is 0 Å². The number of non-ortho nitro benzene ring substituents is 1. The van der Waals surface area contributed by atoms with Gasteiger partial charge in [-0.05, 0) is 6.07 Å². The topological polar surface area (TPSA) is 100 Å². The van der Waals surface area contributed by atoms with E-state index in [1.807, 2.05) is 0 Å². The Bertz CT molecular complexity index is 412. The molecule has 0 unspecified atom stereocenters.